The number of likely N-dealkylation sites (tertiary alicyclic amines) is 1. The molecule has 112 valence electrons. The van der Waals surface area contributed by atoms with Crippen molar-refractivity contribution in [3.8, 4) is 0 Å². The van der Waals surface area contributed by atoms with Crippen molar-refractivity contribution in [2.75, 3.05) is 6.54 Å². The van der Waals surface area contributed by atoms with Gasteiger partial charge in [-0.25, -0.2) is 0 Å². The maximum absolute atomic E-state index is 6.48. The zero-order valence-corrected chi connectivity index (χ0v) is 13.0. The summed E-state index contributed by atoms with van der Waals surface area (Å²) < 4.78 is 0. The van der Waals surface area contributed by atoms with E-state index >= 15 is 0 Å². The highest BCUT2D eigenvalue weighted by atomic mass is 15.2. The molecule has 1 saturated heterocycles. The molecule has 1 aliphatic rings. The van der Waals surface area contributed by atoms with Gasteiger partial charge in [0, 0.05) is 24.5 Å². The fourth-order valence-corrected chi connectivity index (χ4v) is 3.46. The average Bonchev–Trinajstić information content (AvgIpc) is 2.74. The highest BCUT2D eigenvalue weighted by molar-refractivity contribution is 5.17. The van der Waals surface area contributed by atoms with Crippen molar-refractivity contribution in [1.29, 1.82) is 0 Å². The summed E-state index contributed by atoms with van der Waals surface area (Å²) in [6.45, 7) is 5.67. The van der Waals surface area contributed by atoms with Gasteiger partial charge in [-0.2, -0.15) is 0 Å². The molecule has 0 amide bonds. The number of hydrogen-bond donors (Lipinski definition) is 1. The Hall–Kier alpha value is -0.930. The normalized spacial score (nSPS) is 24.1. The van der Waals surface area contributed by atoms with E-state index in [1.807, 2.05) is 18.5 Å². The van der Waals surface area contributed by atoms with Crippen molar-refractivity contribution in [2.24, 2.45) is 5.73 Å². The molecular weight excluding hydrogens is 246 g/mol. The summed E-state index contributed by atoms with van der Waals surface area (Å²) >= 11 is 0. The van der Waals surface area contributed by atoms with Crippen molar-refractivity contribution in [3.05, 3.63) is 30.1 Å². The topological polar surface area (TPSA) is 42.1 Å². The maximum Gasteiger partial charge on any atom is 0.0517 e. The first-order valence-corrected chi connectivity index (χ1v) is 8.19. The first-order chi connectivity index (χ1) is 9.77. The molecule has 1 aliphatic heterocycles. The molecule has 0 radical (unpaired) electrons. The van der Waals surface area contributed by atoms with Crippen LogP contribution < -0.4 is 5.73 Å². The monoisotopic (exact) mass is 275 g/mol. The summed E-state index contributed by atoms with van der Waals surface area (Å²) in [4.78, 5) is 6.97. The largest absolute Gasteiger partial charge is 0.326 e. The predicted molar refractivity (Wildman–Crippen MR) is 84.5 cm³/mol. The van der Waals surface area contributed by atoms with E-state index in [1.54, 1.807) is 0 Å². The van der Waals surface area contributed by atoms with E-state index in [9.17, 15) is 0 Å². The van der Waals surface area contributed by atoms with Gasteiger partial charge in [-0.05, 0) is 43.9 Å². The lowest BCUT2D eigenvalue weighted by Gasteiger charge is -2.39. The van der Waals surface area contributed by atoms with Crippen molar-refractivity contribution >= 4 is 0 Å². The molecule has 0 aliphatic carbocycles. The lowest BCUT2D eigenvalue weighted by molar-refractivity contribution is 0.111. The number of aromatic nitrogens is 1. The lowest BCUT2D eigenvalue weighted by Crippen LogP contribution is -2.45. The first-order valence-electron chi connectivity index (χ1n) is 8.19. The molecule has 2 rings (SSSR count). The Kier molecular flexibility index (Phi) is 5.99. The van der Waals surface area contributed by atoms with Crippen LogP contribution in [-0.2, 0) is 0 Å². The van der Waals surface area contributed by atoms with E-state index in [1.165, 1.54) is 44.2 Å². The molecule has 20 heavy (non-hydrogen) atoms. The Morgan fingerprint density at radius 3 is 2.85 bits per heavy atom. The number of nitrogens with two attached hydrogens (primary N) is 1. The molecule has 1 aromatic rings. The third-order valence-corrected chi connectivity index (χ3v) is 4.65. The number of rotatable bonds is 5. The molecule has 0 aromatic carbocycles. The molecule has 0 saturated carbocycles. The van der Waals surface area contributed by atoms with Crippen molar-refractivity contribution in [1.82, 2.24) is 9.88 Å². The summed E-state index contributed by atoms with van der Waals surface area (Å²) in [6.07, 6.45) is 11.4. The summed E-state index contributed by atoms with van der Waals surface area (Å²) in [6, 6.07) is 5.39. The zero-order valence-electron chi connectivity index (χ0n) is 13.0. The van der Waals surface area contributed by atoms with Gasteiger partial charge in [0.05, 0.1) is 6.04 Å². The lowest BCUT2D eigenvalue weighted by atomic mass is 9.95. The van der Waals surface area contributed by atoms with Crippen LogP contribution >= 0.6 is 0 Å². The Labute approximate surface area is 123 Å². The van der Waals surface area contributed by atoms with E-state index < -0.39 is 0 Å². The molecule has 3 nitrogen and oxygen atoms in total. The molecule has 3 atom stereocenters. The quantitative estimate of drug-likeness (QED) is 0.894. The fourth-order valence-electron chi connectivity index (χ4n) is 3.46. The number of pyridine rings is 1. The zero-order chi connectivity index (χ0) is 14.4. The van der Waals surface area contributed by atoms with Gasteiger partial charge in [0.1, 0.15) is 0 Å². The minimum absolute atomic E-state index is 0.186. The van der Waals surface area contributed by atoms with Gasteiger partial charge in [0.25, 0.3) is 0 Å². The predicted octanol–water partition coefficient (Wildman–Crippen LogP) is 3.51. The second-order valence-corrected chi connectivity index (χ2v) is 5.95. The first kappa shape index (κ1) is 15.5. The minimum atomic E-state index is 0.186. The Bertz CT molecular complexity index is 379. The molecule has 3 unspecified atom stereocenters. The Morgan fingerprint density at radius 1 is 1.35 bits per heavy atom. The van der Waals surface area contributed by atoms with Crippen LogP contribution in [0.15, 0.2) is 24.5 Å². The van der Waals surface area contributed by atoms with E-state index in [2.05, 4.69) is 29.8 Å². The molecule has 1 aromatic heterocycles. The number of nitrogens with zero attached hydrogens (tertiary/aromatic N) is 2. The summed E-state index contributed by atoms with van der Waals surface area (Å²) in [5, 5.41) is 0. The summed E-state index contributed by atoms with van der Waals surface area (Å²) in [5.74, 6) is 0. The van der Waals surface area contributed by atoms with Crippen LogP contribution in [0, 0.1) is 0 Å². The minimum Gasteiger partial charge on any atom is -0.326 e. The van der Waals surface area contributed by atoms with E-state index in [4.69, 9.17) is 5.73 Å². The maximum atomic E-state index is 6.48. The van der Waals surface area contributed by atoms with Crippen LogP contribution in [0.1, 0.15) is 64.0 Å². The van der Waals surface area contributed by atoms with Gasteiger partial charge < -0.3 is 5.73 Å². The van der Waals surface area contributed by atoms with Gasteiger partial charge in [0.2, 0.25) is 0 Å². The van der Waals surface area contributed by atoms with Gasteiger partial charge in [0.15, 0.2) is 0 Å². The van der Waals surface area contributed by atoms with Crippen LogP contribution in [0.5, 0.6) is 0 Å². The van der Waals surface area contributed by atoms with Crippen molar-refractivity contribution in [2.45, 2.75) is 70.5 Å². The van der Waals surface area contributed by atoms with Crippen LogP contribution in [0.2, 0.25) is 0 Å². The van der Waals surface area contributed by atoms with E-state index in [0.29, 0.717) is 12.1 Å². The molecular formula is C17H29N3. The van der Waals surface area contributed by atoms with Gasteiger partial charge in [-0.3, -0.25) is 9.88 Å². The fraction of sp³-hybridized carbons (Fsp3) is 0.706. The third-order valence-electron chi connectivity index (χ3n) is 4.65. The second kappa shape index (κ2) is 7.75. The highest BCUT2D eigenvalue weighted by Gasteiger charge is 2.31. The van der Waals surface area contributed by atoms with E-state index in [-0.39, 0.29) is 6.04 Å². The summed E-state index contributed by atoms with van der Waals surface area (Å²) in [5.41, 5.74) is 7.76. The van der Waals surface area contributed by atoms with Crippen molar-refractivity contribution in [3.63, 3.8) is 0 Å². The van der Waals surface area contributed by atoms with Crippen LogP contribution in [-0.4, -0.2) is 28.5 Å². The van der Waals surface area contributed by atoms with Crippen LogP contribution in [0.3, 0.4) is 0 Å². The van der Waals surface area contributed by atoms with Crippen LogP contribution in [0.4, 0.5) is 0 Å². The molecule has 0 spiro atoms. The molecule has 0 bridgehead atoms. The standard InChI is InChI=1S/C17H29N3/c1-3-15-10-6-5-7-12-20(15)17(16(18)4-2)14-9-8-11-19-13-14/h8-9,11,13,15-17H,3-7,10,12,18H2,1-2H3. The number of hydrogen-bond acceptors (Lipinski definition) is 3. The van der Waals surface area contributed by atoms with Crippen molar-refractivity contribution < 1.29 is 0 Å². The average molecular weight is 275 g/mol. The van der Waals surface area contributed by atoms with E-state index in [0.717, 1.165) is 6.42 Å². The molecule has 3 heteroatoms. The Morgan fingerprint density at radius 2 is 2.20 bits per heavy atom. The SMILES string of the molecule is CCC(N)C(c1cccnc1)N1CCCCCC1CC. The van der Waals surface area contributed by atoms with Gasteiger partial charge >= 0.3 is 0 Å². The van der Waals surface area contributed by atoms with Crippen LogP contribution in [0.25, 0.3) is 0 Å². The highest BCUT2D eigenvalue weighted by Crippen LogP contribution is 2.31. The van der Waals surface area contributed by atoms with Gasteiger partial charge in [-0.1, -0.05) is 32.8 Å². The summed E-state index contributed by atoms with van der Waals surface area (Å²) in [7, 11) is 0. The smallest absolute Gasteiger partial charge is 0.0517 e. The second-order valence-electron chi connectivity index (χ2n) is 5.95. The molecule has 2 heterocycles. The Balaban J connectivity index is 2.29. The molecule has 2 N–H and O–H groups in total. The third kappa shape index (κ3) is 3.58. The van der Waals surface area contributed by atoms with Gasteiger partial charge in [-0.15, -0.1) is 0 Å². The molecule has 1 fully saturated rings.